The van der Waals surface area contributed by atoms with Gasteiger partial charge in [-0.3, -0.25) is 0 Å². The van der Waals surface area contributed by atoms with E-state index in [-0.39, 0.29) is 0 Å². The quantitative estimate of drug-likeness (QED) is 0.712. The Kier molecular flexibility index (Phi) is 5.70. The minimum Gasteiger partial charge on any atom is -0.309 e. The van der Waals surface area contributed by atoms with Crippen LogP contribution in [0.5, 0.6) is 0 Å². The van der Waals surface area contributed by atoms with Crippen LogP contribution < -0.4 is 5.32 Å². The minimum absolute atomic E-state index is 0.369. The smallest absolute Gasteiger partial charge is 0.0931 e. The topological polar surface area (TPSA) is 12.0 Å². The van der Waals surface area contributed by atoms with Gasteiger partial charge in [-0.2, -0.15) is 0 Å². The van der Waals surface area contributed by atoms with Gasteiger partial charge in [0.25, 0.3) is 0 Å². The third kappa shape index (κ3) is 4.07. The number of thiophene rings is 2. The molecule has 0 saturated carbocycles. The van der Waals surface area contributed by atoms with Gasteiger partial charge in [0.1, 0.15) is 0 Å². The summed E-state index contributed by atoms with van der Waals surface area (Å²) in [5.74, 6) is 0. The molecule has 0 radical (unpaired) electrons. The fourth-order valence-electron chi connectivity index (χ4n) is 1.77. The van der Waals surface area contributed by atoms with E-state index >= 15 is 0 Å². The van der Waals surface area contributed by atoms with Gasteiger partial charge in [-0.25, -0.2) is 0 Å². The molecule has 18 heavy (non-hydrogen) atoms. The average Bonchev–Trinajstić information content (AvgIpc) is 2.93. The van der Waals surface area contributed by atoms with E-state index in [1.54, 1.807) is 22.7 Å². The molecule has 2 heterocycles. The van der Waals surface area contributed by atoms with Gasteiger partial charge in [-0.05, 0) is 47.1 Å². The van der Waals surface area contributed by atoms with Crippen LogP contribution in [-0.4, -0.2) is 6.54 Å². The van der Waals surface area contributed by atoms with E-state index in [1.807, 2.05) is 6.07 Å². The van der Waals surface area contributed by atoms with Crippen LogP contribution in [0.15, 0.2) is 28.1 Å². The summed E-state index contributed by atoms with van der Waals surface area (Å²) >= 11 is 13.0. The molecule has 1 N–H and O–H groups in total. The Morgan fingerprint density at radius 1 is 1.44 bits per heavy atom. The molecule has 98 valence electrons. The molecule has 2 rings (SSSR count). The van der Waals surface area contributed by atoms with Crippen molar-refractivity contribution in [3.05, 3.63) is 42.1 Å². The molecule has 0 amide bonds. The zero-order valence-electron chi connectivity index (χ0n) is 10.1. The number of nitrogens with one attached hydrogen (secondary N) is 1. The number of halogens is 2. The zero-order chi connectivity index (χ0) is 13.0. The van der Waals surface area contributed by atoms with Gasteiger partial charge < -0.3 is 5.32 Å². The molecule has 0 aromatic carbocycles. The van der Waals surface area contributed by atoms with Crippen LogP contribution in [0.2, 0.25) is 4.34 Å². The summed E-state index contributed by atoms with van der Waals surface area (Å²) in [6.45, 7) is 3.22. The highest BCUT2D eigenvalue weighted by molar-refractivity contribution is 9.10. The first-order valence-electron chi connectivity index (χ1n) is 5.90. The maximum atomic E-state index is 6.03. The maximum absolute atomic E-state index is 6.03. The van der Waals surface area contributed by atoms with Crippen molar-refractivity contribution in [2.75, 3.05) is 6.54 Å². The Morgan fingerprint density at radius 2 is 2.28 bits per heavy atom. The Morgan fingerprint density at radius 3 is 2.83 bits per heavy atom. The summed E-state index contributed by atoms with van der Waals surface area (Å²) in [6.07, 6.45) is 2.16. The molecule has 2 aromatic rings. The second-order valence-electron chi connectivity index (χ2n) is 4.08. The second-order valence-corrected chi connectivity index (χ2v) is 7.74. The summed E-state index contributed by atoms with van der Waals surface area (Å²) in [4.78, 5) is 2.71. The Hall–Kier alpha value is 0.130. The summed E-state index contributed by atoms with van der Waals surface area (Å²) < 4.78 is 2.03. The Labute approximate surface area is 129 Å². The van der Waals surface area contributed by atoms with Crippen molar-refractivity contribution >= 4 is 50.2 Å². The fraction of sp³-hybridized carbons (Fsp3) is 0.385. The first kappa shape index (κ1) is 14.5. The van der Waals surface area contributed by atoms with Crippen molar-refractivity contribution in [2.45, 2.75) is 25.8 Å². The van der Waals surface area contributed by atoms with Crippen LogP contribution in [0.1, 0.15) is 29.1 Å². The number of hydrogen-bond donors (Lipinski definition) is 1. The first-order valence-corrected chi connectivity index (χ1v) is 8.77. The highest BCUT2D eigenvalue weighted by Crippen LogP contribution is 2.31. The van der Waals surface area contributed by atoms with Crippen molar-refractivity contribution in [3.63, 3.8) is 0 Å². The van der Waals surface area contributed by atoms with Crippen LogP contribution in [0.25, 0.3) is 0 Å². The van der Waals surface area contributed by atoms with E-state index < -0.39 is 0 Å². The van der Waals surface area contributed by atoms with E-state index in [0.29, 0.717) is 6.04 Å². The molecule has 0 bridgehead atoms. The van der Waals surface area contributed by atoms with E-state index in [4.69, 9.17) is 11.6 Å². The Balaban J connectivity index is 2.09. The van der Waals surface area contributed by atoms with Gasteiger partial charge in [-0.1, -0.05) is 18.5 Å². The Bertz CT molecular complexity index is 495. The SMILES string of the molecule is CCCNC(Cc1cc(Br)cs1)c1ccc(Cl)s1. The highest BCUT2D eigenvalue weighted by Gasteiger charge is 2.14. The molecule has 5 heteroatoms. The molecule has 0 aliphatic carbocycles. The van der Waals surface area contributed by atoms with Gasteiger partial charge in [0, 0.05) is 32.1 Å². The first-order chi connectivity index (χ1) is 8.69. The second kappa shape index (κ2) is 7.06. The van der Waals surface area contributed by atoms with Crippen molar-refractivity contribution in [3.8, 4) is 0 Å². The summed E-state index contributed by atoms with van der Waals surface area (Å²) in [5.41, 5.74) is 0. The molecule has 0 spiro atoms. The minimum atomic E-state index is 0.369. The number of rotatable bonds is 6. The van der Waals surface area contributed by atoms with Gasteiger partial charge in [-0.15, -0.1) is 22.7 Å². The predicted molar refractivity (Wildman–Crippen MR) is 86.1 cm³/mol. The van der Waals surface area contributed by atoms with Crippen molar-refractivity contribution < 1.29 is 0 Å². The van der Waals surface area contributed by atoms with Gasteiger partial charge >= 0.3 is 0 Å². The molecular formula is C13H15BrClNS2. The highest BCUT2D eigenvalue weighted by atomic mass is 79.9. The molecule has 0 aliphatic rings. The summed E-state index contributed by atoms with van der Waals surface area (Å²) in [5, 5.41) is 5.73. The van der Waals surface area contributed by atoms with Crippen LogP contribution in [0.3, 0.4) is 0 Å². The van der Waals surface area contributed by atoms with E-state index in [0.717, 1.165) is 23.7 Å². The molecule has 1 unspecified atom stereocenters. The van der Waals surface area contributed by atoms with Gasteiger partial charge in [0.05, 0.1) is 4.34 Å². The van der Waals surface area contributed by atoms with Gasteiger partial charge in [0.15, 0.2) is 0 Å². The van der Waals surface area contributed by atoms with Crippen LogP contribution in [-0.2, 0) is 6.42 Å². The monoisotopic (exact) mass is 363 g/mol. The molecular weight excluding hydrogens is 350 g/mol. The lowest BCUT2D eigenvalue weighted by Gasteiger charge is -2.16. The lowest BCUT2D eigenvalue weighted by atomic mass is 10.1. The lowest BCUT2D eigenvalue weighted by Crippen LogP contribution is -2.22. The third-order valence-corrected chi connectivity index (χ3v) is 5.67. The third-order valence-electron chi connectivity index (χ3n) is 2.61. The normalized spacial score (nSPS) is 12.8. The standard InChI is InChI=1S/C13H15BrClNS2/c1-2-5-16-11(12-3-4-13(15)18-12)7-10-6-9(14)8-17-10/h3-4,6,8,11,16H,2,5,7H2,1H3. The zero-order valence-corrected chi connectivity index (χ0v) is 14.1. The van der Waals surface area contributed by atoms with Crippen molar-refractivity contribution in [1.82, 2.24) is 5.32 Å². The molecule has 2 aromatic heterocycles. The molecule has 1 atom stereocenters. The maximum Gasteiger partial charge on any atom is 0.0931 e. The summed E-state index contributed by atoms with van der Waals surface area (Å²) in [7, 11) is 0. The van der Waals surface area contributed by atoms with E-state index in [9.17, 15) is 0 Å². The predicted octanol–water partition coefficient (Wildman–Crippen LogP) is 5.51. The van der Waals surface area contributed by atoms with Crippen LogP contribution in [0.4, 0.5) is 0 Å². The molecule has 0 aliphatic heterocycles. The average molecular weight is 365 g/mol. The number of hydrogen-bond acceptors (Lipinski definition) is 3. The van der Waals surface area contributed by atoms with Crippen LogP contribution in [0, 0.1) is 0 Å². The van der Waals surface area contributed by atoms with E-state index in [1.165, 1.54) is 14.2 Å². The largest absolute Gasteiger partial charge is 0.309 e. The fourth-order valence-corrected chi connectivity index (χ4v) is 4.40. The molecule has 1 nitrogen and oxygen atoms in total. The molecule has 0 fully saturated rings. The van der Waals surface area contributed by atoms with Crippen molar-refractivity contribution in [2.24, 2.45) is 0 Å². The van der Waals surface area contributed by atoms with Gasteiger partial charge in [0.2, 0.25) is 0 Å². The van der Waals surface area contributed by atoms with Crippen molar-refractivity contribution in [1.29, 1.82) is 0 Å². The summed E-state index contributed by atoms with van der Waals surface area (Å²) in [6, 6.07) is 6.67. The lowest BCUT2D eigenvalue weighted by molar-refractivity contribution is 0.539. The van der Waals surface area contributed by atoms with Crippen LogP contribution >= 0.6 is 50.2 Å². The van der Waals surface area contributed by atoms with E-state index in [2.05, 4.69) is 45.7 Å². The molecule has 0 saturated heterocycles.